The van der Waals surface area contributed by atoms with Gasteiger partial charge in [0, 0.05) is 41.6 Å². The van der Waals surface area contributed by atoms with E-state index in [1.807, 2.05) is 113 Å². The summed E-state index contributed by atoms with van der Waals surface area (Å²) >= 11 is 0. The van der Waals surface area contributed by atoms with Crippen molar-refractivity contribution in [2.75, 3.05) is 50.1 Å². The molecular formula is C70H87F7O4S4+4. The summed E-state index contributed by atoms with van der Waals surface area (Å²) in [4.78, 5) is 19.9. The van der Waals surface area contributed by atoms with Crippen molar-refractivity contribution in [1.29, 1.82) is 0 Å². The normalized spacial score (nSPS) is 11.5. The van der Waals surface area contributed by atoms with Crippen molar-refractivity contribution < 1.29 is 49.7 Å². The number of halogens is 7. The highest BCUT2D eigenvalue weighted by Crippen LogP contribution is 2.44. The maximum Gasteiger partial charge on any atom is 0.453 e. The largest absolute Gasteiger partial charge is 0.493 e. The van der Waals surface area contributed by atoms with Crippen molar-refractivity contribution in [3.05, 3.63) is 198 Å². The minimum Gasteiger partial charge on any atom is -0.493 e. The summed E-state index contributed by atoms with van der Waals surface area (Å²) in [6.45, 7) is 14.3. The molecule has 0 saturated carbocycles. The number of ether oxygens (including phenoxy) is 3. The standard InChI is InChI=1S/C27H26F7OS.C23H23O3S.C12H27S.C8H11S/c1-19-16-23(36(21-10-5-3-6-11-21)22-12-7-4-8-13-22)17-20(2)24(19)35-15-9-14-25(28,29)18-26(30,31)27(32,33)34;1-17-14-21(15-18(2)23(17)26-16-22(24)25-3)27(19-10-6-4-7-11-19)20-12-8-5-9-13-20;1-4-7-10-13(11-8-5-2)12-9-6-3;1-9(2)8-6-4-3-5-7-8/h3-8,10-13,16-17H,9,14-15,18H2,1-2H3;4-15H,16H2,1-3H3;4-12H2,1-3H3;3-7H,1-2H3/q4*+1. The molecule has 0 aromatic heterocycles. The van der Waals surface area contributed by atoms with Crippen molar-refractivity contribution >= 4 is 49.5 Å². The van der Waals surface area contributed by atoms with Gasteiger partial charge in [-0.05, 0) is 147 Å². The lowest BCUT2D eigenvalue weighted by atomic mass is 10.0. The Morgan fingerprint density at radius 2 is 0.765 bits per heavy atom. The Kier molecular flexibility index (Phi) is 31.6. The van der Waals surface area contributed by atoms with Gasteiger partial charge in [-0.1, -0.05) is 131 Å². The van der Waals surface area contributed by atoms with Crippen LogP contribution in [-0.4, -0.2) is 74.1 Å². The Morgan fingerprint density at radius 1 is 0.447 bits per heavy atom. The van der Waals surface area contributed by atoms with E-state index in [2.05, 4.69) is 129 Å². The number of methoxy groups -OCH3 is 1. The second kappa shape index (κ2) is 37.3. The minimum absolute atomic E-state index is 0.0827. The van der Waals surface area contributed by atoms with E-state index >= 15 is 0 Å². The van der Waals surface area contributed by atoms with E-state index in [-0.39, 0.29) is 36.5 Å². The first-order chi connectivity index (χ1) is 40.6. The average Bonchev–Trinajstić information content (AvgIpc) is 3.69. The molecule has 0 amide bonds. The number of aryl methyl sites for hydroxylation is 4. The molecule has 0 atom stereocenters. The van der Waals surface area contributed by atoms with Crippen LogP contribution in [0.1, 0.15) is 101 Å². The van der Waals surface area contributed by atoms with Gasteiger partial charge in [0.15, 0.2) is 40.9 Å². The predicted molar refractivity (Wildman–Crippen MR) is 345 cm³/mol. The van der Waals surface area contributed by atoms with Gasteiger partial charge < -0.3 is 14.2 Å². The third-order valence-corrected chi connectivity index (χ3v) is 21.4. The third kappa shape index (κ3) is 24.7. The van der Waals surface area contributed by atoms with Gasteiger partial charge in [0.05, 0.1) is 41.9 Å². The molecule has 7 aromatic rings. The number of unbranched alkanes of at least 4 members (excludes halogenated alkanes) is 3. The van der Waals surface area contributed by atoms with Crippen LogP contribution in [0.25, 0.3) is 0 Å². The zero-order chi connectivity index (χ0) is 62.4. The van der Waals surface area contributed by atoms with Gasteiger partial charge in [0.25, 0.3) is 5.92 Å². The van der Waals surface area contributed by atoms with Crippen LogP contribution in [0.3, 0.4) is 0 Å². The van der Waals surface area contributed by atoms with Crippen molar-refractivity contribution in [3.63, 3.8) is 0 Å². The second-order valence-corrected chi connectivity index (χ2v) is 29.2. The van der Waals surface area contributed by atoms with Crippen LogP contribution in [0.5, 0.6) is 11.5 Å². The number of carbonyl (C=O) groups is 1. The molecule has 7 rings (SSSR count). The van der Waals surface area contributed by atoms with E-state index in [1.165, 1.54) is 82.5 Å². The quantitative estimate of drug-likeness (QED) is 0.0235. The fraction of sp³-hybridized carbons (Fsp3) is 0.386. The van der Waals surface area contributed by atoms with Crippen molar-refractivity contribution in [1.82, 2.24) is 0 Å². The summed E-state index contributed by atoms with van der Waals surface area (Å²) in [5.41, 5.74) is 3.56. The van der Waals surface area contributed by atoms with E-state index in [1.54, 1.807) is 0 Å². The molecule has 0 N–H and O–H groups in total. The maximum absolute atomic E-state index is 13.8. The summed E-state index contributed by atoms with van der Waals surface area (Å²) in [6, 6.07) is 59.8. The molecule has 85 heavy (non-hydrogen) atoms. The Bertz CT molecular complexity index is 2830. The van der Waals surface area contributed by atoms with Gasteiger partial charge in [-0.15, -0.1) is 0 Å². The number of benzene rings is 7. The van der Waals surface area contributed by atoms with Crippen LogP contribution in [0.15, 0.2) is 210 Å². The molecule has 0 spiro atoms. The molecular weight excluding hydrogens is 1170 g/mol. The maximum atomic E-state index is 13.8. The number of hydrogen-bond donors (Lipinski definition) is 0. The van der Waals surface area contributed by atoms with E-state index in [0.717, 1.165) is 53.6 Å². The van der Waals surface area contributed by atoms with Crippen LogP contribution in [0.2, 0.25) is 0 Å². The Labute approximate surface area is 514 Å². The van der Waals surface area contributed by atoms with Crippen LogP contribution in [0, 0.1) is 27.7 Å². The topological polar surface area (TPSA) is 44.8 Å². The zero-order valence-electron chi connectivity index (χ0n) is 51.1. The van der Waals surface area contributed by atoms with Crippen molar-refractivity contribution in [3.8, 4) is 11.5 Å². The second-order valence-electron chi connectivity index (χ2n) is 20.6. The van der Waals surface area contributed by atoms with E-state index in [4.69, 9.17) is 9.47 Å². The van der Waals surface area contributed by atoms with Gasteiger partial charge in [0.1, 0.15) is 41.3 Å². The first-order valence-electron chi connectivity index (χ1n) is 28.9. The van der Waals surface area contributed by atoms with Gasteiger partial charge in [-0.3, -0.25) is 0 Å². The molecule has 0 bridgehead atoms. The predicted octanol–water partition coefficient (Wildman–Crippen LogP) is 19.7. The summed E-state index contributed by atoms with van der Waals surface area (Å²) in [6.07, 6.45) is 2.86. The molecule has 0 aliphatic carbocycles. The lowest BCUT2D eigenvalue weighted by molar-refractivity contribution is -0.301. The first-order valence-corrected chi connectivity index (χ1v) is 35.1. The Balaban J connectivity index is 0.000000275. The monoisotopic (exact) mass is 1250 g/mol. The third-order valence-electron chi connectivity index (χ3n) is 13.2. The van der Waals surface area contributed by atoms with Crippen LogP contribution in [-0.2, 0) is 53.1 Å². The number of carbonyl (C=O) groups excluding carboxylic acids is 1. The van der Waals surface area contributed by atoms with Gasteiger partial charge in [-0.2, -0.15) is 22.0 Å². The number of hydrogen-bond acceptors (Lipinski definition) is 4. The Hall–Kier alpha value is -5.48. The fourth-order valence-electron chi connectivity index (χ4n) is 8.81. The molecule has 0 heterocycles. The molecule has 15 heteroatoms. The molecule has 0 fully saturated rings. The number of alkyl halides is 7. The highest BCUT2D eigenvalue weighted by molar-refractivity contribution is 7.97. The zero-order valence-corrected chi connectivity index (χ0v) is 54.3. The van der Waals surface area contributed by atoms with Crippen LogP contribution < -0.4 is 9.47 Å². The average molecular weight is 1250 g/mol. The van der Waals surface area contributed by atoms with E-state index in [0.29, 0.717) is 16.6 Å². The molecule has 7 aromatic carbocycles. The van der Waals surface area contributed by atoms with Gasteiger partial charge >= 0.3 is 18.1 Å². The molecule has 0 aliphatic heterocycles. The molecule has 4 nitrogen and oxygen atoms in total. The molecule has 460 valence electrons. The van der Waals surface area contributed by atoms with Gasteiger partial charge in [-0.25, -0.2) is 13.6 Å². The fourth-order valence-corrected chi connectivity index (χ4v) is 16.7. The minimum atomic E-state index is -6.01. The van der Waals surface area contributed by atoms with Gasteiger partial charge in [0.2, 0.25) is 0 Å². The summed E-state index contributed by atoms with van der Waals surface area (Å²) in [7, 11) is 1.96. The van der Waals surface area contributed by atoms with Crippen LogP contribution in [0.4, 0.5) is 30.7 Å². The summed E-state index contributed by atoms with van der Waals surface area (Å²) in [5.74, 6) is -4.25. The summed E-state index contributed by atoms with van der Waals surface area (Å²) < 4.78 is 106. The van der Waals surface area contributed by atoms with E-state index < -0.39 is 41.8 Å². The Morgan fingerprint density at radius 3 is 1.05 bits per heavy atom. The number of rotatable bonds is 26. The highest BCUT2D eigenvalue weighted by Gasteiger charge is 2.61. The lowest BCUT2D eigenvalue weighted by Crippen LogP contribution is -2.41. The number of esters is 1. The first kappa shape index (κ1) is 72.0. The molecule has 0 unspecified atom stereocenters. The molecule has 0 radical (unpaired) electrons. The lowest BCUT2D eigenvalue weighted by Gasteiger charge is -2.25. The SMILES string of the molecule is CCCC[S+](CCCC)CCCC.COC(=O)COc1c(C)cc([S+](c2ccccc2)c2ccccc2)cc1C.C[S+](C)c1ccccc1.Cc1cc([S+](c2ccccc2)c2ccccc2)cc(C)c1OCCCC(F)(F)CC(F)(F)C(F)(F)F. The molecule has 0 saturated heterocycles. The van der Waals surface area contributed by atoms with Crippen LogP contribution >= 0.6 is 0 Å². The van der Waals surface area contributed by atoms with Crippen molar-refractivity contribution in [2.24, 2.45) is 0 Å². The molecule has 0 aliphatic rings. The summed E-state index contributed by atoms with van der Waals surface area (Å²) in [5, 5.41) is 0. The smallest absolute Gasteiger partial charge is 0.453 e. The van der Waals surface area contributed by atoms with Crippen molar-refractivity contribution in [2.45, 2.75) is 159 Å². The highest BCUT2D eigenvalue weighted by atomic mass is 32.2. The van der Waals surface area contributed by atoms with E-state index in [9.17, 15) is 35.5 Å².